The summed E-state index contributed by atoms with van der Waals surface area (Å²) in [5.41, 5.74) is 0.636. The van der Waals surface area contributed by atoms with Gasteiger partial charge in [-0.25, -0.2) is 9.37 Å². The van der Waals surface area contributed by atoms with Crippen molar-refractivity contribution in [3.05, 3.63) is 42.0 Å². The normalized spacial score (nSPS) is 11.4. The molecule has 0 unspecified atom stereocenters. The molecule has 0 aliphatic heterocycles. The van der Waals surface area contributed by atoms with Gasteiger partial charge in [-0.1, -0.05) is 17.4 Å². The van der Waals surface area contributed by atoms with Crippen LogP contribution in [0.5, 0.6) is 0 Å². The number of anilines is 1. The van der Waals surface area contributed by atoms with Crippen LogP contribution in [-0.2, 0) is 7.05 Å². The van der Waals surface area contributed by atoms with Gasteiger partial charge < -0.3 is 4.90 Å². The lowest BCUT2D eigenvalue weighted by Gasteiger charge is -2.21. The third-order valence-corrected chi connectivity index (χ3v) is 4.58. The zero-order chi connectivity index (χ0) is 17.3. The SMILES string of the molecule is CN(C)CCN(C(=O)c1ccn(C)n1)c1nc2c(F)cccc2s1. The molecule has 0 aliphatic carbocycles. The van der Waals surface area contributed by atoms with Crippen molar-refractivity contribution in [2.75, 3.05) is 32.1 Å². The number of aryl methyl sites for hydroxylation is 1. The molecule has 0 radical (unpaired) electrons. The highest BCUT2D eigenvalue weighted by atomic mass is 32.1. The van der Waals surface area contributed by atoms with E-state index in [4.69, 9.17) is 0 Å². The summed E-state index contributed by atoms with van der Waals surface area (Å²) < 4.78 is 16.2. The van der Waals surface area contributed by atoms with E-state index < -0.39 is 0 Å². The van der Waals surface area contributed by atoms with Crippen LogP contribution in [-0.4, -0.2) is 52.8 Å². The lowest BCUT2D eigenvalue weighted by molar-refractivity contribution is 0.0979. The fraction of sp³-hybridized carbons (Fsp3) is 0.312. The Balaban J connectivity index is 1.99. The Labute approximate surface area is 143 Å². The maximum absolute atomic E-state index is 13.9. The van der Waals surface area contributed by atoms with Crippen molar-refractivity contribution in [2.24, 2.45) is 7.05 Å². The molecule has 2 heterocycles. The Bertz CT molecular complexity index is 872. The number of fused-ring (bicyclic) bond motifs is 1. The predicted octanol–water partition coefficient (Wildman–Crippen LogP) is 2.38. The molecule has 0 bridgehead atoms. The molecule has 0 saturated heterocycles. The average molecular weight is 347 g/mol. The molecule has 3 aromatic rings. The van der Waals surface area contributed by atoms with Crippen LogP contribution in [0.3, 0.4) is 0 Å². The number of halogens is 1. The van der Waals surface area contributed by atoms with Crippen LogP contribution in [0.25, 0.3) is 10.2 Å². The van der Waals surface area contributed by atoms with Gasteiger partial charge in [0.15, 0.2) is 10.8 Å². The first kappa shape index (κ1) is 16.5. The van der Waals surface area contributed by atoms with Gasteiger partial charge in [0.2, 0.25) is 0 Å². The van der Waals surface area contributed by atoms with Crippen molar-refractivity contribution in [3.63, 3.8) is 0 Å². The Morgan fingerprint density at radius 1 is 1.29 bits per heavy atom. The van der Waals surface area contributed by atoms with Gasteiger partial charge in [0.25, 0.3) is 5.91 Å². The minimum atomic E-state index is -0.382. The molecule has 3 rings (SSSR count). The van der Waals surface area contributed by atoms with Gasteiger partial charge in [-0.3, -0.25) is 14.4 Å². The number of carbonyl (C=O) groups is 1. The summed E-state index contributed by atoms with van der Waals surface area (Å²) in [5.74, 6) is -0.621. The minimum absolute atomic E-state index is 0.239. The number of carbonyl (C=O) groups excluding carboxylic acids is 1. The topological polar surface area (TPSA) is 54.3 Å². The average Bonchev–Trinajstić information content (AvgIpc) is 3.14. The van der Waals surface area contributed by atoms with Crippen molar-refractivity contribution < 1.29 is 9.18 Å². The van der Waals surface area contributed by atoms with Gasteiger partial charge in [0.1, 0.15) is 11.3 Å². The highest BCUT2D eigenvalue weighted by molar-refractivity contribution is 7.22. The Morgan fingerprint density at radius 3 is 2.71 bits per heavy atom. The number of thiazole rings is 1. The zero-order valence-corrected chi connectivity index (χ0v) is 14.5. The molecule has 0 spiro atoms. The quantitative estimate of drug-likeness (QED) is 0.711. The molecule has 2 aromatic heterocycles. The van der Waals surface area contributed by atoms with Gasteiger partial charge in [0.05, 0.1) is 4.70 Å². The Morgan fingerprint density at radius 2 is 2.08 bits per heavy atom. The molecule has 0 saturated carbocycles. The number of hydrogen-bond acceptors (Lipinski definition) is 5. The predicted molar refractivity (Wildman–Crippen MR) is 93.0 cm³/mol. The number of para-hydroxylation sites is 1. The van der Waals surface area contributed by atoms with Gasteiger partial charge in [-0.05, 0) is 32.3 Å². The molecule has 0 atom stereocenters. The van der Waals surface area contributed by atoms with E-state index in [2.05, 4.69) is 10.1 Å². The molecule has 0 aliphatic rings. The molecule has 0 N–H and O–H groups in total. The van der Waals surface area contributed by atoms with Crippen molar-refractivity contribution in [1.82, 2.24) is 19.7 Å². The van der Waals surface area contributed by atoms with E-state index in [0.29, 0.717) is 34.1 Å². The molecule has 8 heteroatoms. The van der Waals surface area contributed by atoms with Gasteiger partial charge in [0, 0.05) is 26.3 Å². The summed E-state index contributed by atoms with van der Waals surface area (Å²) in [4.78, 5) is 20.7. The molecule has 24 heavy (non-hydrogen) atoms. The molecule has 0 fully saturated rings. The fourth-order valence-corrected chi connectivity index (χ4v) is 3.27. The van der Waals surface area contributed by atoms with Crippen LogP contribution in [0, 0.1) is 5.82 Å². The van der Waals surface area contributed by atoms with Crippen LogP contribution in [0.4, 0.5) is 9.52 Å². The van der Waals surface area contributed by atoms with Crippen LogP contribution >= 0.6 is 11.3 Å². The van der Waals surface area contributed by atoms with E-state index in [1.54, 1.807) is 41.0 Å². The van der Waals surface area contributed by atoms with Gasteiger partial charge >= 0.3 is 0 Å². The summed E-state index contributed by atoms with van der Waals surface area (Å²) in [6, 6.07) is 6.48. The molecule has 126 valence electrons. The number of aromatic nitrogens is 3. The van der Waals surface area contributed by atoms with Crippen molar-refractivity contribution in [2.45, 2.75) is 0 Å². The maximum atomic E-state index is 13.9. The summed E-state index contributed by atoms with van der Waals surface area (Å²) in [5, 5.41) is 4.65. The number of hydrogen-bond donors (Lipinski definition) is 0. The first-order chi connectivity index (χ1) is 11.5. The first-order valence-electron chi connectivity index (χ1n) is 7.47. The van der Waals surface area contributed by atoms with E-state index in [1.807, 2.05) is 19.0 Å². The molecule has 1 aromatic carbocycles. The molecule has 6 nitrogen and oxygen atoms in total. The zero-order valence-electron chi connectivity index (χ0n) is 13.7. The Hall–Kier alpha value is -2.32. The van der Waals surface area contributed by atoms with E-state index in [0.717, 1.165) is 0 Å². The first-order valence-corrected chi connectivity index (χ1v) is 8.28. The van der Waals surface area contributed by atoms with Crippen LogP contribution < -0.4 is 4.90 Å². The summed E-state index contributed by atoms with van der Waals surface area (Å²) in [7, 11) is 5.62. The van der Waals surface area contributed by atoms with Crippen LogP contribution in [0.1, 0.15) is 10.5 Å². The number of likely N-dealkylation sites (N-methyl/N-ethyl adjacent to an activating group) is 1. The Kier molecular flexibility index (Phi) is 4.59. The number of nitrogens with zero attached hydrogens (tertiary/aromatic N) is 5. The largest absolute Gasteiger partial charge is 0.308 e. The van der Waals surface area contributed by atoms with Gasteiger partial charge in [-0.15, -0.1) is 0 Å². The second-order valence-electron chi connectivity index (χ2n) is 5.72. The van der Waals surface area contributed by atoms with Crippen LogP contribution in [0.2, 0.25) is 0 Å². The third kappa shape index (κ3) is 3.29. The van der Waals surface area contributed by atoms with Crippen molar-refractivity contribution in [1.29, 1.82) is 0 Å². The summed E-state index contributed by atoms with van der Waals surface area (Å²) in [6.07, 6.45) is 1.72. The number of benzene rings is 1. The van der Waals surface area contributed by atoms with E-state index in [1.165, 1.54) is 17.4 Å². The molecule has 1 amide bonds. The maximum Gasteiger partial charge on any atom is 0.280 e. The third-order valence-electron chi connectivity index (χ3n) is 3.54. The second kappa shape index (κ2) is 6.66. The number of rotatable bonds is 5. The minimum Gasteiger partial charge on any atom is -0.308 e. The number of amides is 1. The van der Waals surface area contributed by atoms with E-state index in [-0.39, 0.29) is 11.7 Å². The van der Waals surface area contributed by atoms with Crippen molar-refractivity contribution in [3.8, 4) is 0 Å². The summed E-state index contributed by atoms with van der Waals surface area (Å²) >= 11 is 1.30. The van der Waals surface area contributed by atoms with E-state index >= 15 is 0 Å². The molecular formula is C16H18FN5OS. The highest BCUT2D eigenvalue weighted by Crippen LogP contribution is 2.30. The lowest BCUT2D eigenvalue weighted by atomic mass is 10.3. The smallest absolute Gasteiger partial charge is 0.280 e. The standard InChI is InChI=1S/C16H18FN5OS/c1-20(2)9-10-22(15(23)12-7-8-21(3)19-12)16-18-14-11(17)5-4-6-13(14)24-16/h4-8H,9-10H2,1-3H3. The highest BCUT2D eigenvalue weighted by Gasteiger charge is 2.23. The van der Waals surface area contributed by atoms with Crippen LogP contribution in [0.15, 0.2) is 30.5 Å². The van der Waals surface area contributed by atoms with Crippen molar-refractivity contribution >= 4 is 32.6 Å². The molecular weight excluding hydrogens is 329 g/mol. The summed E-state index contributed by atoms with van der Waals surface area (Å²) in [6.45, 7) is 1.11. The van der Waals surface area contributed by atoms with E-state index in [9.17, 15) is 9.18 Å². The monoisotopic (exact) mass is 347 g/mol. The lowest BCUT2D eigenvalue weighted by Crippen LogP contribution is -2.37. The second-order valence-corrected chi connectivity index (χ2v) is 6.73. The fourth-order valence-electron chi connectivity index (χ4n) is 2.27. The van der Waals surface area contributed by atoms with Gasteiger partial charge in [-0.2, -0.15) is 5.10 Å².